The van der Waals surface area contributed by atoms with Crippen LogP contribution in [0.15, 0.2) is 35.2 Å². The molecule has 112 valence electrons. The molecule has 3 N–H and O–H groups in total. The average Bonchev–Trinajstić information content (AvgIpc) is 2.39. The summed E-state index contributed by atoms with van der Waals surface area (Å²) in [6, 6.07) is 6.67. The predicted octanol–water partition coefficient (Wildman–Crippen LogP) is 3.48. The Labute approximate surface area is 127 Å². The quantitative estimate of drug-likeness (QED) is 0.847. The third-order valence-electron chi connectivity index (χ3n) is 3.16. The summed E-state index contributed by atoms with van der Waals surface area (Å²) >= 11 is 5.62. The van der Waals surface area contributed by atoms with Crippen LogP contribution in [-0.4, -0.2) is 8.42 Å². The number of rotatable bonds is 3. The Morgan fingerprint density at radius 1 is 1.19 bits per heavy atom. The lowest BCUT2D eigenvalue weighted by atomic mass is 10.1. The molecule has 2 rings (SSSR count). The van der Waals surface area contributed by atoms with Gasteiger partial charge in [0.1, 0.15) is 10.7 Å². The van der Waals surface area contributed by atoms with E-state index < -0.39 is 20.7 Å². The molecule has 0 saturated carbocycles. The minimum absolute atomic E-state index is 0.127. The summed E-state index contributed by atoms with van der Waals surface area (Å²) in [6.07, 6.45) is 0. The molecule has 0 amide bonds. The lowest BCUT2D eigenvalue weighted by Crippen LogP contribution is -2.16. The lowest BCUT2D eigenvalue weighted by Gasteiger charge is -2.14. The summed E-state index contributed by atoms with van der Waals surface area (Å²) in [5, 5.41) is 0.127. The lowest BCUT2D eigenvalue weighted by molar-refractivity contribution is 0.570. The molecule has 0 aromatic heterocycles. The van der Waals surface area contributed by atoms with Gasteiger partial charge in [-0.1, -0.05) is 17.7 Å². The van der Waals surface area contributed by atoms with Gasteiger partial charge in [-0.25, -0.2) is 12.8 Å². The van der Waals surface area contributed by atoms with Gasteiger partial charge in [0.2, 0.25) is 0 Å². The zero-order valence-corrected chi connectivity index (χ0v) is 13.0. The number of aryl methyl sites for hydroxylation is 1. The van der Waals surface area contributed by atoms with Gasteiger partial charge >= 0.3 is 0 Å². The second-order valence-corrected chi connectivity index (χ2v) is 6.74. The molecule has 0 fully saturated rings. The maximum absolute atomic E-state index is 13.8. The van der Waals surface area contributed by atoms with E-state index in [2.05, 4.69) is 4.72 Å². The summed E-state index contributed by atoms with van der Waals surface area (Å²) in [5.41, 5.74) is 8.10. The first-order valence-corrected chi connectivity index (χ1v) is 7.92. The molecule has 0 atom stereocenters. The van der Waals surface area contributed by atoms with Crippen LogP contribution in [0.1, 0.15) is 11.1 Å². The number of sulfonamides is 1. The number of nitrogens with two attached hydrogens (primary N) is 1. The number of halogens is 2. The molecule has 0 saturated heterocycles. The van der Waals surface area contributed by atoms with E-state index in [4.69, 9.17) is 17.3 Å². The van der Waals surface area contributed by atoms with Crippen LogP contribution >= 0.6 is 11.6 Å². The topological polar surface area (TPSA) is 72.2 Å². The maximum Gasteiger partial charge on any atom is 0.264 e. The van der Waals surface area contributed by atoms with Gasteiger partial charge in [-0.15, -0.1) is 0 Å². The molecule has 0 aliphatic heterocycles. The van der Waals surface area contributed by atoms with E-state index >= 15 is 0 Å². The Morgan fingerprint density at radius 2 is 1.86 bits per heavy atom. The number of nitrogen functional groups attached to an aromatic ring is 1. The van der Waals surface area contributed by atoms with Crippen LogP contribution < -0.4 is 10.5 Å². The molecular weight excluding hydrogens is 315 g/mol. The van der Waals surface area contributed by atoms with E-state index in [0.717, 1.165) is 17.7 Å². The highest BCUT2D eigenvalue weighted by Gasteiger charge is 2.20. The van der Waals surface area contributed by atoms with Crippen molar-refractivity contribution in [2.45, 2.75) is 18.7 Å². The van der Waals surface area contributed by atoms with Crippen molar-refractivity contribution >= 4 is 33.0 Å². The van der Waals surface area contributed by atoms with Crippen molar-refractivity contribution in [1.82, 2.24) is 0 Å². The zero-order valence-electron chi connectivity index (χ0n) is 11.4. The molecule has 0 aliphatic carbocycles. The van der Waals surface area contributed by atoms with Crippen LogP contribution in [-0.2, 0) is 10.0 Å². The van der Waals surface area contributed by atoms with E-state index in [1.165, 1.54) is 6.07 Å². The predicted molar refractivity (Wildman–Crippen MR) is 82.5 cm³/mol. The van der Waals surface area contributed by atoms with Crippen molar-refractivity contribution in [2.24, 2.45) is 0 Å². The summed E-state index contributed by atoms with van der Waals surface area (Å²) < 4.78 is 40.6. The van der Waals surface area contributed by atoms with Gasteiger partial charge in [0.15, 0.2) is 0 Å². The maximum atomic E-state index is 13.8. The van der Waals surface area contributed by atoms with Crippen molar-refractivity contribution < 1.29 is 12.8 Å². The molecule has 0 aliphatic rings. The summed E-state index contributed by atoms with van der Waals surface area (Å²) in [6.45, 7) is 3.51. The number of hydrogen-bond donors (Lipinski definition) is 2. The highest BCUT2D eigenvalue weighted by atomic mass is 35.5. The third-order valence-corrected chi connectivity index (χ3v) is 4.79. The first-order valence-electron chi connectivity index (χ1n) is 6.06. The summed E-state index contributed by atoms with van der Waals surface area (Å²) in [7, 11) is -4.05. The van der Waals surface area contributed by atoms with Gasteiger partial charge < -0.3 is 5.73 Å². The SMILES string of the molecule is Cc1ccc(NS(=O)(=O)c2ccc(Cl)cc2F)c(C)c1N. The number of hydrogen-bond acceptors (Lipinski definition) is 3. The standard InChI is InChI=1S/C14H14ClFN2O2S/c1-8-3-5-12(9(2)14(8)17)18-21(19,20)13-6-4-10(15)7-11(13)16/h3-7,18H,17H2,1-2H3. The van der Waals surface area contributed by atoms with Gasteiger partial charge in [0.05, 0.1) is 5.69 Å². The Bertz CT molecular complexity index is 807. The zero-order chi connectivity index (χ0) is 15.8. The minimum atomic E-state index is -4.05. The van der Waals surface area contributed by atoms with Crippen molar-refractivity contribution in [2.75, 3.05) is 10.5 Å². The second-order valence-electron chi connectivity index (χ2n) is 4.65. The monoisotopic (exact) mass is 328 g/mol. The van der Waals surface area contributed by atoms with Crippen LogP contribution in [0.25, 0.3) is 0 Å². The van der Waals surface area contributed by atoms with Crippen molar-refractivity contribution in [3.05, 3.63) is 52.3 Å². The molecule has 0 bridgehead atoms. The highest BCUT2D eigenvalue weighted by molar-refractivity contribution is 7.92. The number of nitrogens with one attached hydrogen (secondary N) is 1. The van der Waals surface area contributed by atoms with Crippen molar-refractivity contribution in [1.29, 1.82) is 0 Å². The molecule has 4 nitrogen and oxygen atoms in total. The normalized spacial score (nSPS) is 11.4. The molecule has 7 heteroatoms. The first-order chi connectivity index (χ1) is 9.72. The van der Waals surface area contributed by atoms with E-state index in [9.17, 15) is 12.8 Å². The fourth-order valence-electron chi connectivity index (χ4n) is 1.87. The Kier molecular flexibility index (Phi) is 4.11. The van der Waals surface area contributed by atoms with Crippen LogP contribution in [0.4, 0.5) is 15.8 Å². The van der Waals surface area contributed by atoms with Crippen LogP contribution in [0.5, 0.6) is 0 Å². The van der Waals surface area contributed by atoms with Gasteiger partial charge in [-0.2, -0.15) is 0 Å². The molecule has 2 aromatic carbocycles. The van der Waals surface area contributed by atoms with Gasteiger partial charge in [-0.3, -0.25) is 4.72 Å². The molecule has 0 radical (unpaired) electrons. The molecule has 0 unspecified atom stereocenters. The Morgan fingerprint density at radius 3 is 2.48 bits per heavy atom. The van der Waals surface area contributed by atoms with E-state index in [-0.39, 0.29) is 5.02 Å². The van der Waals surface area contributed by atoms with Crippen molar-refractivity contribution in [3.63, 3.8) is 0 Å². The van der Waals surface area contributed by atoms with Gasteiger partial charge in [0.25, 0.3) is 10.0 Å². The highest BCUT2D eigenvalue weighted by Crippen LogP contribution is 2.27. The molecule has 2 aromatic rings. The van der Waals surface area contributed by atoms with E-state index in [1.54, 1.807) is 19.1 Å². The van der Waals surface area contributed by atoms with Crippen LogP contribution in [0.2, 0.25) is 5.02 Å². The third kappa shape index (κ3) is 3.11. The smallest absolute Gasteiger partial charge is 0.264 e. The summed E-state index contributed by atoms with van der Waals surface area (Å²) in [5.74, 6) is -0.910. The van der Waals surface area contributed by atoms with Crippen LogP contribution in [0, 0.1) is 19.7 Å². The molecule has 0 heterocycles. The van der Waals surface area contributed by atoms with Gasteiger partial charge in [0, 0.05) is 10.7 Å². The second kappa shape index (κ2) is 5.54. The summed E-state index contributed by atoms with van der Waals surface area (Å²) in [4.78, 5) is -0.467. The molecular formula is C14H14ClFN2O2S. The number of anilines is 2. The van der Waals surface area contributed by atoms with E-state index in [1.807, 2.05) is 6.92 Å². The average molecular weight is 329 g/mol. The Hall–Kier alpha value is -1.79. The fraction of sp³-hybridized carbons (Fsp3) is 0.143. The fourth-order valence-corrected chi connectivity index (χ4v) is 3.21. The Balaban J connectivity index is 2.45. The first kappa shape index (κ1) is 15.6. The molecule has 0 spiro atoms. The van der Waals surface area contributed by atoms with E-state index in [0.29, 0.717) is 16.9 Å². The van der Waals surface area contributed by atoms with Crippen molar-refractivity contribution in [3.8, 4) is 0 Å². The number of benzene rings is 2. The minimum Gasteiger partial charge on any atom is -0.398 e. The van der Waals surface area contributed by atoms with Crippen LogP contribution in [0.3, 0.4) is 0 Å². The van der Waals surface area contributed by atoms with Gasteiger partial charge in [-0.05, 0) is 49.2 Å². The molecule has 21 heavy (non-hydrogen) atoms. The largest absolute Gasteiger partial charge is 0.398 e.